The van der Waals surface area contributed by atoms with Crippen LogP contribution in [0.3, 0.4) is 0 Å². The van der Waals surface area contributed by atoms with Gasteiger partial charge in [-0.05, 0) is 44.0 Å². The van der Waals surface area contributed by atoms with Crippen LogP contribution in [-0.4, -0.2) is 66.8 Å². The lowest BCUT2D eigenvalue weighted by atomic mass is 9.87. The molecule has 0 N–H and O–H groups in total. The van der Waals surface area contributed by atoms with E-state index >= 15 is 0 Å². The number of methoxy groups -OCH3 is 1. The standard InChI is InChI=1S/C21H29N3O2S/c1-21(24-11-13-26-14-12-24)7-9-23(10-8-21)15-18-16-27-20(22-18)17-3-5-19(25-2)6-4-17/h3-6,16H,7-15H2,1-2H3. The Kier molecular flexibility index (Phi) is 5.78. The summed E-state index contributed by atoms with van der Waals surface area (Å²) in [5, 5.41) is 3.29. The van der Waals surface area contributed by atoms with Gasteiger partial charge in [-0.1, -0.05) is 0 Å². The number of piperidine rings is 1. The van der Waals surface area contributed by atoms with E-state index in [0.717, 1.165) is 62.3 Å². The van der Waals surface area contributed by atoms with Gasteiger partial charge in [0.15, 0.2) is 0 Å². The fourth-order valence-electron chi connectivity index (χ4n) is 4.09. The van der Waals surface area contributed by atoms with E-state index in [1.165, 1.54) is 18.5 Å². The number of nitrogens with zero attached hydrogens (tertiary/aromatic N) is 3. The highest BCUT2D eigenvalue weighted by Gasteiger charge is 2.36. The van der Waals surface area contributed by atoms with Crippen LogP contribution in [0.2, 0.25) is 0 Å². The SMILES string of the molecule is COc1ccc(-c2nc(CN3CCC(C)(N4CCOCC4)CC3)cs2)cc1. The third-order valence-electron chi connectivity index (χ3n) is 5.98. The lowest BCUT2D eigenvalue weighted by Crippen LogP contribution is -2.56. The molecular formula is C21H29N3O2S. The molecule has 0 amide bonds. The van der Waals surface area contributed by atoms with Crippen molar-refractivity contribution in [1.82, 2.24) is 14.8 Å². The van der Waals surface area contributed by atoms with Crippen LogP contribution in [-0.2, 0) is 11.3 Å². The Hall–Kier alpha value is -1.47. The van der Waals surface area contributed by atoms with Gasteiger partial charge in [0.05, 0.1) is 26.0 Å². The molecule has 0 spiro atoms. The number of benzene rings is 1. The van der Waals surface area contributed by atoms with E-state index in [4.69, 9.17) is 14.5 Å². The molecule has 2 aromatic rings. The van der Waals surface area contributed by atoms with Crippen molar-refractivity contribution in [2.45, 2.75) is 31.8 Å². The average molecular weight is 388 g/mol. The monoisotopic (exact) mass is 387 g/mol. The Balaban J connectivity index is 1.33. The van der Waals surface area contributed by atoms with Crippen LogP contribution in [0.5, 0.6) is 5.75 Å². The Morgan fingerprint density at radius 1 is 1.11 bits per heavy atom. The summed E-state index contributed by atoms with van der Waals surface area (Å²) in [6.45, 7) is 9.58. The van der Waals surface area contributed by atoms with Gasteiger partial charge in [0.25, 0.3) is 0 Å². The number of morpholine rings is 1. The number of hydrogen-bond donors (Lipinski definition) is 0. The molecule has 0 radical (unpaired) electrons. The molecule has 146 valence electrons. The second-order valence-electron chi connectivity index (χ2n) is 7.75. The van der Waals surface area contributed by atoms with Crippen LogP contribution < -0.4 is 4.74 Å². The molecule has 0 bridgehead atoms. The molecule has 2 aliphatic heterocycles. The molecular weight excluding hydrogens is 358 g/mol. The first-order chi connectivity index (χ1) is 13.2. The Morgan fingerprint density at radius 2 is 1.81 bits per heavy atom. The Morgan fingerprint density at radius 3 is 2.48 bits per heavy atom. The second-order valence-corrected chi connectivity index (χ2v) is 8.60. The fourth-order valence-corrected chi connectivity index (χ4v) is 4.90. The normalized spacial score (nSPS) is 21.3. The first-order valence-corrected chi connectivity index (χ1v) is 10.7. The maximum Gasteiger partial charge on any atom is 0.123 e. The van der Waals surface area contributed by atoms with E-state index in [9.17, 15) is 0 Å². The first-order valence-electron chi connectivity index (χ1n) is 9.80. The quantitative estimate of drug-likeness (QED) is 0.785. The van der Waals surface area contributed by atoms with Crippen molar-refractivity contribution in [1.29, 1.82) is 0 Å². The zero-order valence-corrected chi connectivity index (χ0v) is 17.1. The van der Waals surface area contributed by atoms with Gasteiger partial charge in [-0.25, -0.2) is 4.98 Å². The maximum atomic E-state index is 5.52. The van der Waals surface area contributed by atoms with E-state index in [-0.39, 0.29) is 0 Å². The zero-order valence-electron chi connectivity index (χ0n) is 16.3. The van der Waals surface area contributed by atoms with Crippen molar-refractivity contribution in [2.24, 2.45) is 0 Å². The van der Waals surface area contributed by atoms with Crippen molar-refractivity contribution in [3.8, 4) is 16.3 Å². The largest absolute Gasteiger partial charge is 0.497 e. The van der Waals surface area contributed by atoms with E-state index in [1.54, 1.807) is 18.4 Å². The molecule has 6 heteroatoms. The summed E-state index contributed by atoms with van der Waals surface area (Å²) in [6.07, 6.45) is 2.45. The number of ether oxygens (including phenoxy) is 2. The minimum Gasteiger partial charge on any atom is -0.497 e. The van der Waals surface area contributed by atoms with Crippen LogP contribution in [0.15, 0.2) is 29.6 Å². The molecule has 3 heterocycles. The molecule has 1 aromatic carbocycles. The van der Waals surface area contributed by atoms with E-state index in [1.807, 2.05) is 12.1 Å². The van der Waals surface area contributed by atoms with E-state index in [0.29, 0.717) is 5.54 Å². The number of thiazole rings is 1. The molecule has 0 unspecified atom stereocenters. The summed E-state index contributed by atoms with van der Waals surface area (Å²) in [5.74, 6) is 0.882. The number of rotatable bonds is 5. The van der Waals surface area contributed by atoms with Gasteiger partial charge < -0.3 is 9.47 Å². The van der Waals surface area contributed by atoms with Crippen molar-refractivity contribution in [3.05, 3.63) is 35.3 Å². The summed E-state index contributed by atoms with van der Waals surface area (Å²) >= 11 is 1.73. The van der Waals surface area contributed by atoms with Gasteiger partial charge in [0.2, 0.25) is 0 Å². The Labute approximate surface area is 165 Å². The highest BCUT2D eigenvalue weighted by Crippen LogP contribution is 2.31. The summed E-state index contributed by atoms with van der Waals surface area (Å²) in [4.78, 5) is 10.1. The number of likely N-dealkylation sites (tertiary alicyclic amines) is 1. The molecule has 2 fully saturated rings. The molecule has 0 aliphatic carbocycles. The molecule has 2 aliphatic rings. The molecule has 1 aromatic heterocycles. The molecule has 2 saturated heterocycles. The summed E-state index contributed by atoms with van der Waals surface area (Å²) in [5.41, 5.74) is 2.67. The lowest BCUT2D eigenvalue weighted by Gasteiger charge is -2.48. The van der Waals surface area contributed by atoms with Crippen LogP contribution in [0.25, 0.3) is 10.6 Å². The molecule has 27 heavy (non-hydrogen) atoms. The third kappa shape index (κ3) is 4.35. The predicted molar refractivity (Wildman–Crippen MR) is 109 cm³/mol. The number of aromatic nitrogens is 1. The second kappa shape index (κ2) is 8.27. The van der Waals surface area contributed by atoms with Crippen molar-refractivity contribution in [3.63, 3.8) is 0 Å². The molecule has 0 saturated carbocycles. The minimum atomic E-state index is 0.330. The Bertz CT molecular complexity index is 732. The fraction of sp³-hybridized carbons (Fsp3) is 0.571. The van der Waals surface area contributed by atoms with Crippen LogP contribution in [0.1, 0.15) is 25.5 Å². The van der Waals surface area contributed by atoms with E-state index < -0.39 is 0 Å². The summed E-state index contributed by atoms with van der Waals surface area (Å²) in [7, 11) is 1.69. The van der Waals surface area contributed by atoms with Crippen LogP contribution >= 0.6 is 11.3 Å². The van der Waals surface area contributed by atoms with Crippen LogP contribution in [0.4, 0.5) is 0 Å². The molecule has 0 atom stereocenters. The van der Waals surface area contributed by atoms with Gasteiger partial charge in [-0.15, -0.1) is 11.3 Å². The van der Waals surface area contributed by atoms with Gasteiger partial charge >= 0.3 is 0 Å². The zero-order chi connectivity index (χ0) is 18.7. The van der Waals surface area contributed by atoms with E-state index in [2.05, 4.69) is 34.2 Å². The van der Waals surface area contributed by atoms with Gasteiger partial charge in [0.1, 0.15) is 10.8 Å². The predicted octanol–water partition coefficient (Wildman–Crippen LogP) is 3.51. The van der Waals surface area contributed by atoms with Crippen LogP contribution in [0, 0.1) is 0 Å². The van der Waals surface area contributed by atoms with Crippen molar-refractivity contribution < 1.29 is 9.47 Å². The average Bonchev–Trinajstić information content (AvgIpc) is 3.19. The van der Waals surface area contributed by atoms with Gasteiger partial charge in [-0.3, -0.25) is 9.80 Å². The summed E-state index contributed by atoms with van der Waals surface area (Å²) in [6, 6.07) is 8.15. The lowest BCUT2D eigenvalue weighted by molar-refractivity contribution is -0.0406. The first kappa shape index (κ1) is 18.9. The third-order valence-corrected chi connectivity index (χ3v) is 6.92. The summed E-state index contributed by atoms with van der Waals surface area (Å²) < 4.78 is 10.8. The van der Waals surface area contributed by atoms with Gasteiger partial charge in [-0.2, -0.15) is 0 Å². The topological polar surface area (TPSA) is 37.8 Å². The smallest absolute Gasteiger partial charge is 0.123 e. The minimum absolute atomic E-state index is 0.330. The number of hydrogen-bond acceptors (Lipinski definition) is 6. The molecule has 5 nitrogen and oxygen atoms in total. The molecule has 4 rings (SSSR count). The van der Waals surface area contributed by atoms with Gasteiger partial charge in [0, 0.05) is 49.2 Å². The maximum absolute atomic E-state index is 5.52. The highest BCUT2D eigenvalue weighted by atomic mass is 32.1. The van der Waals surface area contributed by atoms with Crippen molar-refractivity contribution in [2.75, 3.05) is 46.5 Å². The van der Waals surface area contributed by atoms with Crippen molar-refractivity contribution >= 4 is 11.3 Å². The highest BCUT2D eigenvalue weighted by molar-refractivity contribution is 7.13.